The number of ketones is 1. The summed E-state index contributed by atoms with van der Waals surface area (Å²) < 4.78 is 5.88. The Morgan fingerprint density at radius 1 is 1.25 bits per heavy atom. The summed E-state index contributed by atoms with van der Waals surface area (Å²) in [6.07, 6.45) is -0.0896. The van der Waals surface area contributed by atoms with Crippen LogP contribution in [0.3, 0.4) is 0 Å². The normalized spacial score (nSPS) is 17.5. The third-order valence-electron chi connectivity index (χ3n) is 3.42. The fraction of sp³-hybridized carbons (Fsp3) is 0.188. The first-order valence-corrected chi connectivity index (χ1v) is 6.71. The van der Waals surface area contributed by atoms with E-state index in [0.717, 1.165) is 11.1 Å². The zero-order chi connectivity index (χ0) is 14.3. The lowest BCUT2D eigenvalue weighted by atomic mass is 9.95. The highest BCUT2D eigenvalue weighted by molar-refractivity contribution is 6.32. The Hall–Kier alpha value is -2.00. The number of fused-ring (bicyclic) bond motifs is 1. The summed E-state index contributed by atoms with van der Waals surface area (Å²) in [6, 6.07) is 10.4. The molecule has 4 heteroatoms. The second-order valence-corrected chi connectivity index (χ2v) is 5.35. The summed E-state index contributed by atoms with van der Waals surface area (Å²) in [6.45, 7) is 1.94. The zero-order valence-corrected chi connectivity index (χ0v) is 11.6. The largest absolute Gasteiger partial charge is 0.506 e. The molecule has 0 saturated carbocycles. The standard InChI is InChI=1S/C16H13ClO3/c1-9-2-5-15-11(6-9)14(19)8-16(20-15)10-3-4-13(18)12(17)7-10/h2-7,16,18H,8H2,1H3. The zero-order valence-electron chi connectivity index (χ0n) is 10.9. The molecule has 1 N–H and O–H groups in total. The Morgan fingerprint density at radius 3 is 2.80 bits per heavy atom. The summed E-state index contributed by atoms with van der Waals surface area (Å²) in [5.41, 5.74) is 2.45. The maximum absolute atomic E-state index is 12.2. The monoisotopic (exact) mass is 288 g/mol. The van der Waals surface area contributed by atoms with Crippen molar-refractivity contribution in [2.45, 2.75) is 19.4 Å². The molecule has 3 nitrogen and oxygen atoms in total. The van der Waals surface area contributed by atoms with Crippen molar-refractivity contribution in [3.8, 4) is 11.5 Å². The molecule has 1 heterocycles. The van der Waals surface area contributed by atoms with Crippen molar-refractivity contribution in [1.82, 2.24) is 0 Å². The van der Waals surface area contributed by atoms with Gasteiger partial charge in [-0.1, -0.05) is 29.3 Å². The molecule has 0 spiro atoms. The molecule has 0 aliphatic carbocycles. The first-order valence-electron chi connectivity index (χ1n) is 6.33. The van der Waals surface area contributed by atoms with Crippen LogP contribution in [-0.4, -0.2) is 10.9 Å². The van der Waals surface area contributed by atoms with Crippen molar-refractivity contribution in [1.29, 1.82) is 0 Å². The molecule has 0 saturated heterocycles. The average Bonchev–Trinajstić information content (AvgIpc) is 2.42. The lowest BCUT2D eigenvalue weighted by molar-refractivity contribution is 0.0850. The first-order chi connectivity index (χ1) is 9.54. The van der Waals surface area contributed by atoms with Gasteiger partial charge in [0, 0.05) is 0 Å². The van der Waals surface area contributed by atoms with Gasteiger partial charge in [-0.25, -0.2) is 0 Å². The maximum atomic E-state index is 12.2. The number of phenols is 1. The molecular weight excluding hydrogens is 276 g/mol. The number of carbonyl (C=O) groups is 1. The Kier molecular flexibility index (Phi) is 3.14. The third-order valence-corrected chi connectivity index (χ3v) is 3.72. The minimum Gasteiger partial charge on any atom is -0.506 e. The van der Waals surface area contributed by atoms with E-state index in [1.165, 1.54) is 6.07 Å². The van der Waals surface area contributed by atoms with Gasteiger partial charge in [0.1, 0.15) is 17.6 Å². The molecule has 2 aromatic carbocycles. The number of ether oxygens (including phenoxy) is 1. The number of hydrogen-bond donors (Lipinski definition) is 1. The van der Waals surface area contributed by atoms with Crippen molar-refractivity contribution < 1.29 is 14.6 Å². The number of Topliss-reactive ketones (excluding diaryl/α,β-unsaturated/α-hetero) is 1. The van der Waals surface area contributed by atoms with Crippen LogP contribution in [-0.2, 0) is 0 Å². The fourth-order valence-corrected chi connectivity index (χ4v) is 2.54. The molecule has 1 aliphatic heterocycles. The Labute approximate surface area is 121 Å². The predicted molar refractivity (Wildman–Crippen MR) is 76.6 cm³/mol. The van der Waals surface area contributed by atoms with Crippen LogP contribution < -0.4 is 4.74 Å². The Bertz CT molecular complexity index is 694. The number of carbonyl (C=O) groups excluding carboxylic acids is 1. The van der Waals surface area contributed by atoms with Gasteiger partial charge in [-0.2, -0.15) is 0 Å². The van der Waals surface area contributed by atoms with Crippen LogP contribution in [0.15, 0.2) is 36.4 Å². The minimum atomic E-state index is -0.365. The van der Waals surface area contributed by atoms with Crippen LogP contribution >= 0.6 is 11.6 Å². The first kappa shape index (κ1) is 13.0. The van der Waals surface area contributed by atoms with E-state index in [1.54, 1.807) is 12.1 Å². The highest BCUT2D eigenvalue weighted by Crippen LogP contribution is 2.37. The van der Waals surface area contributed by atoms with Gasteiger partial charge < -0.3 is 9.84 Å². The van der Waals surface area contributed by atoms with Gasteiger partial charge in [-0.05, 0) is 36.8 Å². The number of halogens is 1. The second kappa shape index (κ2) is 4.84. The highest BCUT2D eigenvalue weighted by atomic mass is 35.5. The summed E-state index contributed by atoms with van der Waals surface area (Å²) in [5, 5.41) is 9.70. The molecule has 0 fully saturated rings. The number of aromatic hydroxyl groups is 1. The molecule has 1 atom stereocenters. The van der Waals surface area contributed by atoms with Gasteiger partial charge in [0.15, 0.2) is 5.78 Å². The fourth-order valence-electron chi connectivity index (χ4n) is 2.35. The molecule has 3 rings (SSSR count). The minimum absolute atomic E-state index is 0.0218. The van der Waals surface area contributed by atoms with Gasteiger partial charge in [0.2, 0.25) is 0 Å². The maximum Gasteiger partial charge on any atom is 0.170 e. The Morgan fingerprint density at radius 2 is 2.05 bits per heavy atom. The van der Waals surface area contributed by atoms with Gasteiger partial charge in [0.25, 0.3) is 0 Å². The quantitative estimate of drug-likeness (QED) is 0.861. The lowest BCUT2D eigenvalue weighted by Crippen LogP contribution is -2.20. The molecule has 102 valence electrons. The molecule has 1 unspecified atom stereocenters. The number of hydrogen-bond acceptors (Lipinski definition) is 3. The molecule has 0 aromatic heterocycles. The van der Waals surface area contributed by atoms with E-state index in [0.29, 0.717) is 11.3 Å². The van der Waals surface area contributed by atoms with Gasteiger partial charge in [0.05, 0.1) is 17.0 Å². The van der Waals surface area contributed by atoms with E-state index in [2.05, 4.69) is 0 Å². The molecule has 0 radical (unpaired) electrons. The molecular formula is C16H13ClO3. The molecule has 2 aromatic rings. The average molecular weight is 289 g/mol. The third kappa shape index (κ3) is 2.25. The molecule has 0 amide bonds. The van der Waals surface area contributed by atoms with E-state index in [4.69, 9.17) is 16.3 Å². The Balaban J connectivity index is 1.97. The number of phenolic OH excluding ortho intramolecular Hbond substituents is 1. The molecule has 20 heavy (non-hydrogen) atoms. The van der Waals surface area contributed by atoms with Crippen molar-refractivity contribution in [3.63, 3.8) is 0 Å². The van der Waals surface area contributed by atoms with E-state index >= 15 is 0 Å². The number of aryl methyl sites for hydroxylation is 1. The van der Waals surface area contributed by atoms with Crippen LogP contribution in [0, 0.1) is 6.92 Å². The van der Waals surface area contributed by atoms with Gasteiger partial charge >= 0.3 is 0 Å². The van der Waals surface area contributed by atoms with Crippen LogP contribution in [0.5, 0.6) is 11.5 Å². The van der Waals surface area contributed by atoms with Crippen LogP contribution in [0.4, 0.5) is 0 Å². The number of rotatable bonds is 1. The molecule has 1 aliphatic rings. The van der Waals surface area contributed by atoms with E-state index < -0.39 is 0 Å². The van der Waals surface area contributed by atoms with Crippen molar-refractivity contribution in [2.24, 2.45) is 0 Å². The smallest absolute Gasteiger partial charge is 0.170 e. The van der Waals surface area contributed by atoms with Gasteiger partial charge in [-0.3, -0.25) is 4.79 Å². The summed E-state index contributed by atoms with van der Waals surface area (Å²) >= 11 is 5.90. The SMILES string of the molecule is Cc1ccc2c(c1)C(=O)CC(c1ccc(O)c(Cl)c1)O2. The van der Waals surface area contributed by atoms with E-state index in [1.807, 2.05) is 25.1 Å². The van der Waals surface area contributed by atoms with Crippen LogP contribution in [0.1, 0.15) is 34.0 Å². The predicted octanol–water partition coefficient (Wildman–Crippen LogP) is 4.06. The van der Waals surface area contributed by atoms with Gasteiger partial charge in [-0.15, -0.1) is 0 Å². The second-order valence-electron chi connectivity index (χ2n) is 4.94. The highest BCUT2D eigenvalue weighted by Gasteiger charge is 2.27. The summed E-state index contributed by atoms with van der Waals surface area (Å²) in [4.78, 5) is 12.2. The van der Waals surface area contributed by atoms with Crippen molar-refractivity contribution >= 4 is 17.4 Å². The number of benzene rings is 2. The van der Waals surface area contributed by atoms with Crippen molar-refractivity contribution in [3.05, 3.63) is 58.1 Å². The van der Waals surface area contributed by atoms with Crippen LogP contribution in [0.25, 0.3) is 0 Å². The molecule has 0 bridgehead atoms. The topological polar surface area (TPSA) is 46.5 Å². The lowest BCUT2D eigenvalue weighted by Gasteiger charge is -2.26. The summed E-state index contributed by atoms with van der Waals surface area (Å²) in [7, 11) is 0. The van der Waals surface area contributed by atoms with E-state index in [9.17, 15) is 9.90 Å². The van der Waals surface area contributed by atoms with Crippen LogP contribution in [0.2, 0.25) is 5.02 Å². The summed E-state index contributed by atoms with van der Waals surface area (Å²) in [5.74, 6) is 0.679. The van der Waals surface area contributed by atoms with E-state index in [-0.39, 0.29) is 29.1 Å². The van der Waals surface area contributed by atoms with Crippen molar-refractivity contribution in [2.75, 3.05) is 0 Å².